The smallest absolute Gasteiger partial charge is 0.322 e. The predicted octanol–water partition coefficient (Wildman–Crippen LogP) is -0.830. The van der Waals surface area contributed by atoms with Crippen LogP contribution in [0.4, 0.5) is 4.79 Å². The van der Waals surface area contributed by atoms with E-state index in [1.54, 1.807) is 4.90 Å². The highest BCUT2D eigenvalue weighted by Gasteiger charge is 2.52. The summed E-state index contributed by atoms with van der Waals surface area (Å²) in [5, 5.41) is 4.83. The Labute approximate surface area is 111 Å². The molecule has 0 aliphatic carbocycles. The highest BCUT2D eigenvalue weighted by molar-refractivity contribution is 6.07. The van der Waals surface area contributed by atoms with Gasteiger partial charge in [0.1, 0.15) is 5.54 Å². The Morgan fingerprint density at radius 2 is 2.21 bits per heavy atom. The molecule has 106 valence electrons. The number of carbonyl (C=O) groups excluding carboxylic acids is 3. The maximum absolute atomic E-state index is 12.2. The second kappa shape index (κ2) is 4.80. The van der Waals surface area contributed by atoms with Crippen molar-refractivity contribution in [2.45, 2.75) is 38.3 Å². The molecule has 7 heteroatoms. The maximum Gasteiger partial charge on any atom is 0.322 e. The van der Waals surface area contributed by atoms with E-state index in [1.807, 2.05) is 13.8 Å². The largest absolute Gasteiger partial charge is 0.338 e. The minimum atomic E-state index is -0.956. The van der Waals surface area contributed by atoms with Gasteiger partial charge in [0.25, 0.3) is 5.91 Å². The zero-order chi connectivity index (χ0) is 14.2. The van der Waals surface area contributed by atoms with E-state index in [9.17, 15) is 14.4 Å². The molecule has 19 heavy (non-hydrogen) atoms. The van der Waals surface area contributed by atoms with Gasteiger partial charge in [-0.05, 0) is 12.3 Å². The Balaban J connectivity index is 2.04. The molecular weight excluding hydrogens is 248 g/mol. The average molecular weight is 268 g/mol. The van der Waals surface area contributed by atoms with Gasteiger partial charge in [0.15, 0.2) is 0 Å². The summed E-state index contributed by atoms with van der Waals surface area (Å²) >= 11 is 0. The van der Waals surface area contributed by atoms with Crippen LogP contribution in [0.3, 0.4) is 0 Å². The third-order valence-corrected chi connectivity index (χ3v) is 4.14. The highest BCUT2D eigenvalue weighted by Crippen LogP contribution is 2.25. The molecule has 3 atom stereocenters. The van der Waals surface area contributed by atoms with Crippen LogP contribution in [0.25, 0.3) is 0 Å². The number of likely N-dealkylation sites (tertiary alicyclic amines) is 1. The van der Waals surface area contributed by atoms with Crippen molar-refractivity contribution in [1.29, 1.82) is 0 Å². The predicted molar refractivity (Wildman–Crippen MR) is 68.0 cm³/mol. The zero-order valence-electron chi connectivity index (χ0n) is 11.2. The molecule has 1 unspecified atom stereocenters. The van der Waals surface area contributed by atoms with Crippen LogP contribution in [0.2, 0.25) is 0 Å². The summed E-state index contributed by atoms with van der Waals surface area (Å²) in [5.41, 5.74) is 4.96. The number of hydrogen-bond acceptors (Lipinski definition) is 4. The summed E-state index contributed by atoms with van der Waals surface area (Å²) in [6, 6.07) is -1.05. The summed E-state index contributed by atoms with van der Waals surface area (Å²) in [6.45, 7) is 4.55. The summed E-state index contributed by atoms with van der Waals surface area (Å²) in [5.74, 6) is -0.416. The minimum absolute atomic E-state index is 0.0936. The van der Waals surface area contributed by atoms with Crippen molar-refractivity contribution >= 4 is 17.8 Å². The number of urea groups is 1. The van der Waals surface area contributed by atoms with Crippen LogP contribution in [0, 0.1) is 5.92 Å². The standard InChI is InChI=1S/C12H20N4O3/c1-3-7(2)8(13)9(17)16-5-4-12(6-16)10(18)14-11(19)15-12/h7-8H,3-6,13H2,1-2H3,(H2,14,15,18,19)/t7-,8-,12?/m0/s1. The van der Waals surface area contributed by atoms with E-state index in [2.05, 4.69) is 10.6 Å². The van der Waals surface area contributed by atoms with Gasteiger partial charge in [-0.1, -0.05) is 20.3 Å². The molecule has 2 aliphatic rings. The molecule has 7 nitrogen and oxygen atoms in total. The molecule has 4 N–H and O–H groups in total. The number of amides is 4. The second-order valence-electron chi connectivity index (χ2n) is 5.41. The number of carbonyl (C=O) groups is 3. The molecule has 4 amide bonds. The third-order valence-electron chi connectivity index (χ3n) is 4.14. The molecule has 0 aromatic carbocycles. The quantitative estimate of drug-likeness (QED) is 0.581. The molecule has 0 radical (unpaired) electrons. The number of rotatable bonds is 3. The Morgan fingerprint density at radius 3 is 2.74 bits per heavy atom. The van der Waals surface area contributed by atoms with E-state index in [-0.39, 0.29) is 24.3 Å². The maximum atomic E-state index is 12.2. The van der Waals surface area contributed by atoms with E-state index in [1.165, 1.54) is 0 Å². The molecule has 0 aromatic heterocycles. The van der Waals surface area contributed by atoms with E-state index in [4.69, 9.17) is 5.73 Å². The van der Waals surface area contributed by atoms with E-state index < -0.39 is 17.6 Å². The van der Waals surface area contributed by atoms with Gasteiger partial charge in [0.05, 0.1) is 12.6 Å². The van der Waals surface area contributed by atoms with E-state index in [0.717, 1.165) is 6.42 Å². The molecule has 0 aromatic rings. The SMILES string of the molecule is CC[C@H](C)[C@H](N)C(=O)N1CCC2(C1)NC(=O)NC2=O. The van der Waals surface area contributed by atoms with Crippen molar-refractivity contribution in [2.75, 3.05) is 13.1 Å². The fraction of sp³-hybridized carbons (Fsp3) is 0.750. The molecule has 2 aliphatic heterocycles. The van der Waals surface area contributed by atoms with Gasteiger partial charge < -0.3 is 16.0 Å². The Bertz CT molecular complexity index is 425. The van der Waals surface area contributed by atoms with Gasteiger partial charge >= 0.3 is 6.03 Å². The first-order valence-corrected chi connectivity index (χ1v) is 6.57. The van der Waals surface area contributed by atoms with Gasteiger partial charge in [-0.3, -0.25) is 14.9 Å². The van der Waals surface area contributed by atoms with Crippen molar-refractivity contribution in [3.8, 4) is 0 Å². The highest BCUT2D eigenvalue weighted by atomic mass is 16.2. The molecular formula is C12H20N4O3. The number of nitrogens with zero attached hydrogens (tertiary/aromatic N) is 1. The first-order valence-electron chi connectivity index (χ1n) is 6.57. The van der Waals surface area contributed by atoms with Crippen molar-refractivity contribution in [1.82, 2.24) is 15.5 Å². The van der Waals surface area contributed by atoms with Crippen LogP contribution in [-0.4, -0.2) is 47.4 Å². The fourth-order valence-electron chi connectivity index (χ4n) is 2.52. The Hall–Kier alpha value is -1.63. The molecule has 1 spiro atoms. The molecule has 2 rings (SSSR count). The topological polar surface area (TPSA) is 105 Å². The Kier molecular flexibility index (Phi) is 3.49. The molecule has 2 fully saturated rings. The van der Waals surface area contributed by atoms with E-state index >= 15 is 0 Å². The lowest BCUT2D eigenvalue weighted by molar-refractivity contribution is -0.133. The molecule has 2 saturated heterocycles. The second-order valence-corrected chi connectivity index (χ2v) is 5.41. The molecule has 0 saturated carbocycles. The first-order chi connectivity index (χ1) is 8.89. The summed E-state index contributed by atoms with van der Waals surface area (Å²) in [6.07, 6.45) is 1.26. The fourth-order valence-corrected chi connectivity index (χ4v) is 2.52. The van der Waals surface area contributed by atoms with Gasteiger partial charge in [0.2, 0.25) is 5.91 Å². The van der Waals surface area contributed by atoms with Gasteiger partial charge in [-0.25, -0.2) is 4.79 Å². The van der Waals surface area contributed by atoms with Crippen molar-refractivity contribution in [3.63, 3.8) is 0 Å². The van der Waals surface area contributed by atoms with Crippen LogP contribution in [0.15, 0.2) is 0 Å². The van der Waals surface area contributed by atoms with E-state index in [0.29, 0.717) is 13.0 Å². The van der Waals surface area contributed by atoms with Crippen molar-refractivity contribution in [2.24, 2.45) is 11.7 Å². The minimum Gasteiger partial charge on any atom is -0.338 e. The lowest BCUT2D eigenvalue weighted by Gasteiger charge is -2.25. The van der Waals surface area contributed by atoms with Gasteiger partial charge in [0, 0.05) is 6.54 Å². The lowest BCUT2D eigenvalue weighted by Crippen LogP contribution is -2.52. The Morgan fingerprint density at radius 1 is 1.53 bits per heavy atom. The van der Waals surface area contributed by atoms with Crippen LogP contribution in [0.5, 0.6) is 0 Å². The van der Waals surface area contributed by atoms with Crippen LogP contribution in [0.1, 0.15) is 26.7 Å². The summed E-state index contributed by atoms with van der Waals surface area (Å²) < 4.78 is 0. The first kappa shape index (κ1) is 13.8. The van der Waals surface area contributed by atoms with Crippen LogP contribution < -0.4 is 16.4 Å². The number of nitrogens with one attached hydrogen (secondary N) is 2. The van der Waals surface area contributed by atoms with Gasteiger partial charge in [-0.15, -0.1) is 0 Å². The molecule has 0 bridgehead atoms. The number of hydrogen-bond donors (Lipinski definition) is 3. The van der Waals surface area contributed by atoms with Crippen LogP contribution >= 0.6 is 0 Å². The zero-order valence-corrected chi connectivity index (χ0v) is 11.2. The average Bonchev–Trinajstić information content (AvgIpc) is 2.92. The van der Waals surface area contributed by atoms with Crippen LogP contribution in [-0.2, 0) is 9.59 Å². The normalized spacial score (nSPS) is 29.3. The van der Waals surface area contributed by atoms with Gasteiger partial charge in [-0.2, -0.15) is 0 Å². The third kappa shape index (κ3) is 2.30. The summed E-state index contributed by atoms with van der Waals surface area (Å²) in [4.78, 5) is 36.8. The number of imide groups is 1. The number of nitrogens with two attached hydrogens (primary N) is 1. The van der Waals surface area contributed by atoms with Crippen molar-refractivity contribution < 1.29 is 14.4 Å². The molecule has 2 heterocycles. The summed E-state index contributed by atoms with van der Waals surface area (Å²) in [7, 11) is 0. The lowest BCUT2D eigenvalue weighted by atomic mass is 9.98. The van der Waals surface area contributed by atoms with Crippen molar-refractivity contribution in [3.05, 3.63) is 0 Å². The monoisotopic (exact) mass is 268 g/mol.